The summed E-state index contributed by atoms with van der Waals surface area (Å²) in [5, 5.41) is 12.4. The van der Waals surface area contributed by atoms with Crippen LogP contribution in [-0.4, -0.2) is 23.2 Å². The maximum atomic E-state index is 12.0. The lowest BCUT2D eigenvalue weighted by molar-refractivity contribution is -0.144. The molecule has 0 saturated heterocycles. The largest absolute Gasteiger partial charge is 0.389 e. The number of hydrogen-bond acceptors (Lipinski definition) is 2. The fourth-order valence-corrected chi connectivity index (χ4v) is 1.81. The van der Waals surface area contributed by atoms with Gasteiger partial charge in [-0.3, -0.25) is 4.79 Å². The minimum Gasteiger partial charge on any atom is -0.388 e. The van der Waals surface area contributed by atoms with Gasteiger partial charge in [0.15, 0.2) is 0 Å². The lowest BCUT2D eigenvalue weighted by Gasteiger charge is -2.18. The summed E-state index contributed by atoms with van der Waals surface area (Å²) in [6, 6.07) is 8.49. The smallest absolute Gasteiger partial charge is 0.388 e. The maximum absolute atomic E-state index is 12.0. The lowest BCUT2D eigenvalue weighted by atomic mass is 10.0. The van der Waals surface area contributed by atoms with E-state index in [4.69, 9.17) is 0 Å². The highest BCUT2D eigenvalue weighted by Crippen LogP contribution is 2.21. The Morgan fingerprint density at radius 3 is 2.45 bits per heavy atom. The van der Waals surface area contributed by atoms with Crippen LogP contribution in [0.2, 0.25) is 0 Å². The summed E-state index contributed by atoms with van der Waals surface area (Å²) in [7, 11) is 0. The Hall–Kier alpha value is -1.56. The number of halogens is 3. The Morgan fingerprint density at radius 1 is 1.30 bits per heavy atom. The van der Waals surface area contributed by atoms with Gasteiger partial charge in [-0.05, 0) is 18.9 Å². The molecule has 0 heterocycles. The normalized spacial score (nSPS) is 14.7. The van der Waals surface area contributed by atoms with Crippen molar-refractivity contribution in [1.29, 1.82) is 0 Å². The molecule has 0 fully saturated rings. The van der Waals surface area contributed by atoms with E-state index in [1.807, 2.05) is 6.07 Å². The van der Waals surface area contributed by atoms with Gasteiger partial charge in [-0.25, -0.2) is 0 Å². The van der Waals surface area contributed by atoms with E-state index in [-0.39, 0.29) is 6.42 Å². The fourth-order valence-electron chi connectivity index (χ4n) is 1.81. The number of alkyl halides is 3. The summed E-state index contributed by atoms with van der Waals surface area (Å²) in [6.45, 7) is 1.65. The van der Waals surface area contributed by atoms with Gasteiger partial charge >= 0.3 is 6.18 Å². The zero-order valence-electron chi connectivity index (χ0n) is 11.2. The molecule has 3 nitrogen and oxygen atoms in total. The zero-order valence-corrected chi connectivity index (χ0v) is 11.2. The molecular formula is C14H18F3NO2. The first-order valence-corrected chi connectivity index (χ1v) is 6.37. The highest BCUT2D eigenvalue weighted by Gasteiger charge is 2.28. The summed E-state index contributed by atoms with van der Waals surface area (Å²) >= 11 is 0. The van der Waals surface area contributed by atoms with Crippen LogP contribution < -0.4 is 5.32 Å². The van der Waals surface area contributed by atoms with Crippen LogP contribution in [0.25, 0.3) is 0 Å². The van der Waals surface area contributed by atoms with Crippen LogP contribution in [0.5, 0.6) is 0 Å². The van der Waals surface area contributed by atoms with Crippen molar-refractivity contribution in [2.75, 3.05) is 0 Å². The maximum Gasteiger partial charge on any atom is 0.389 e. The number of hydrogen-bond donors (Lipinski definition) is 2. The second-order valence-electron chi connectivity index (χ2n) is 4.75. The Labute approximate surface area is 115 Å². The van der Waals surface area contributed by atoms with Gasteiger partial charge < -0.3 is 10.4 Å². The number of carbonyl (C=O) groups is 1. The molecule has 6 heteroatoms. The standard InChI is InChI=1S/C14H18F3NO2/c1-10(18-13(20)7-8-14(15,16)17)9-12(19)11-5-3-2-4-6-11/h2-6,10,12,19H,7-9H2,1H3,(H,18,20)/t10-,12-/m0/s1. The first-order valence-electron chi connectivity index (χ1n) is 6.37. The van der Waals surface area contributed by atoms with Gasteiger partial charge in [0.1, 0.15) is 0 Å². The van der Waals surface area contributed by atoms with Crippen molar-refractivity contribution in [3.05, 3.63) is 35.9 Å². The van der Waals surface area contributed by atoms with Crippen LogP contribution in [0.3, 0.4) is 0 Å². The summed E-state index contributed by atoms with van der Waals surface area (Å²) in [4.78, 5) is 11.3. The average Bonchev–Trinajstić information content (AvgIpc) is 2.36. The Morgan fingerprint density at radius 2 is 1.90 bits per heavy atom. The molecule has 0 aliphatic heterocycles. The third-order valence-corrected chi connectivity index (χ3v) is 2.80. The number of rotatable bonds is 6. The van der Waals surface area contributed by atoms with Crippen molar-refractivity contribution in [3.8, 4) is 0 Å². The molecule has 0 spiro atoms. The first-order chi connectivity index (χ1) is 9.28. The molecule has 0 aromatic heterocycles. The molecule has 0 bridgehead atoms. The minimum atomic E-state index is -4.33. The minimum absolute atomic E-state index is 0.252. The van der Waals surface area contributed by atoms with Crippen molar-refractivity contribution >= 4 is 5.91 Å². The molecule has 1 aromatic rings. The molecule has 2 N–H and O–H groups in total. The molecule has 0 aliphatic rings. The number of aliphatic hydroxyl groups is 1. The predicted octanol–water partition coefficient (Wildman–Crippen LogP) is 2.96. The van der Waals surface area contributed by atoms with E-state index in [1.54, 1.807) is 31.2 Å². The molecular weight excluding hydrogens is 271 g/mol. The Balaban J connectivity index is 2.36. The van der Waals surface area contributed by atoms with Gasteiger partial charge in [-0.15, -0.1) is 0 Å². The molecule has 0 radical (unpaired) electrons. The summed E-state index contributed by atoms with van der Waals surface area (Å²) in [5.74, 6) is -0.657. The van der Waals surface area contributed by atoms with Crippen molar-refractivity contribution in [3.63, 3.8) is 0 Å². The van der Waals surface area contributed by atoms with Crippen LogP contribution in [0, 0.1) is 0 Å². The number of amides is 1. The van der Waals surface area contributed by atoms with Gasteiger partial charge in [0.05, 0.1) is 12.5 Å². The molecule has 0 aliphatic carbocycles. The zero-order chi connectivity index (χ0) is 15.2. The number of benzene rings is 1. The SMILES string of the molecule is C[C@@H](C[C@H](O)c1ccccc1)NC(=O)CCC(F)(F)F. The summed E-state index contributed by atoms with van der Waals surface area (Å²) in [6.07, 6.45) is -6.55. The third-order valence-electron chi connectivity index (χ3n) is 2.80. The molecule has 1 amide bonds. The summed E-state index contributed by atoms with van der Waals surface area (Å²) < 4.78 is 35.9. The van der Waals surface area contributed by atoms with Crippen LogP contribution in [0.15, 0.2) is 30.3 Å². The fraction of sp³-hybridized carbons (Fsp3) is 0.500. The molecule has 112 valence electrons. The lowest BCUT2D eigenvalue weighted by Crippen LogP contribution is -2.34. The second kappa shape index (κ2) is 7.28. The monoisotopic (exact) mass is 289 g/mol. The molecule has 0 saturated carbocycles. The molecule has 2 atom stereocenters. The number of aliphatic hydroxyl groups excluding tert-OH is 1. The second-order valence-corrected chi connectivity index (χ2v) is 4.75. The quantitative estimate of drug-likeness (QED) is 0.846. The number of nitrogens with one attached hydrogen (secondary N) is 1. The average molecular weight is 289 g/mol. The topological polar surface area (TPSA) is 49.3 Å². The van der Waals surface area contributed by atoms with E-state index >= 15 is 0 Å². The first kappa shape index (κ1) is 16.5. The van der Waals surface area contributed by atoms with Gasteiger partial charge in [-0.2, -0.15) is 13.2 Å². The van der Waals surface area contributed by atoms with Gasteiger partial charge in [-0.1, -0.05) is 30.3 Å². The molecule has 20 heavy (non-hydrogen) atoms. The van der Waals surface area contributed by atoms with E-state index in [9.17, 15) is 23.1 Å². The van der Waals surface area contributed by atoms with Crippen LogP contribution in [0.1, 0.15) is 37.9 Å². The molecule has 1 aromatic carbocycles. The van der Waals surface area contributed by atoms with Gasteiger partial charge in [0.25, 0.3) is 0 Å². The van der Waals surface area contributed by atoms with Crippen molar-refractivity contribution in [1.82, 2.24) is 5.32 Å². The Kier molecular flexibility index (Phi) is 6.01. The van der Waals surface area contributed by atoms with E-state index < -0.39 is 37.1 Å². The molecule has 1 rings (SSSR count). The van der Waals surface area contributed by atoms with Crippen LogP contribution in [0.4, 0.5) is 13.2 Å². The van der Waals surface area contributed by atoms with Crippen molar-refractivity contribution < 1.29 is 23.1 Å². The van der Waals surface area contributed by atoms with Crippen molar-refractivity contribution in [2.24, 2.45) is 0 Å². The predicted molar refractivity (Wildman–Crippen MR) is 68.9 cm³/mol. The van der Waals surface area contributed by atoms with Gasteiger partial charge in [0, 0.05) is 12.5 Å². The van der Waals surface area contributed by atoms with Gasteiger partial charge in [0.2, 0.25) is 5.91 Å². The molecule has 0 unspecified atom stereocenters. The van der Waals surface area contributed by atoms with Crippen LogP contribution in [-0.2, 0) is 4.79 Å². The van der Waals surface area contributed by atoms with E-state index in [1.165, 1.54) is 0 Å². The van der Waals surface area contributed by atoms with Crippen LogP contribution >= 0.6 is 0 Å². The van der Waals surface area contributed by atoms with E-state index in [2.05, 4.69) is 5.32 Å². The highest BCUT2D eigenvalue weighted by atomic mass is 19.4. The van der Waals surface area contributed by atoms with Crippen molar-refractivity contribution in [2.45, 2.75) is 44.5 Å². The van der Waals surface area contributed by atoms with E-state index in [0.29, 0.717) is 5.56 Å². The summed E-state index contributed by atoms with van der Waals surface area (Å²) in [5.41, 5.74) is 0.712. The Bertz CT molecular complexity index is 420. The number of carbonyl (C=O) groups excluding carboxylic acids is 1. The van der Waals surface area contributed by atoms with E-state index in [0.717, 1.165) is 0 Å². The third kappa shape index (κ3) is 6.56. The highest BCUT2D eigenvalue weighted by molar-refractivity contribution is 5.76.